The van der Waals surface area contributed by atoms with E-state index in [-0.39, 0.29) is 18.0 Å². The highest BCUT2D eigenvalue weighted by Crippen LogP contribution is 2.37. The molecule has 3 rings (SSSR count). The van der Waals surface area contributed by atoms with Gasteiger partial charge in [-0.3, -0.25) is 4.98 Å². The van der Waals surface area contributed by atoms with E-state index in [1.807, 2.05) is 19.1 Å². The second-order valence-electron chi connectivity index (χ2n) is 7.82. The first-order chi connectivity index (χ1) is 15.6. The highest BCUT2D eigenvalue weighted by molar-refractivity contribution is 5.90. The van der Waals surface area contributed by atoms with Crippen LogP contribution in [0, 0.1) is 6.92 Å². The average Bonchev–Trinajstić information content (AvgIpc) is 2.78. The molecule has 0 fully saturated rings. The number of rotatable bonds is 6. The smallest absolute Gasteiger partial charge is 0.419 e. The van der Waals surface area contributed by atoms with Gasteiger partial charge in [-0.15, -0.1) is 0 Å². The normalized spacial score (nSPS) is 15.1. The van der Waals surface area contributed by atoms with Crippen LogP contribution in [0.5, 0.6) is 5.75 Å². The molecule has 0 saturated heterocycles. The summed E-state index contributed by atoms with van der Waals surface area (Å²) in [5.41, 5.74) is 2.85. The maximum absolute atomic E-state index is 13.0. The SMILES string of the molecule is COc1cc(NC(=O)N2CC=C(c3ncc(CC(O)CO)cc3C)CC2)ccc1C(F)(F)F. The van der Waals surface area contributed by atoms with Crippen molar-refractivity contribution in [2.75, 3.05) is 32.1 Å². The zero-order valence-electron chi connectivity index (χ0n) is 18.3. The molecule has 0 bridgehead atoms. The summed E-state index contributed by atoms with van der Waals surface area (Å²) in [6.07, 6.45) is -0.941. The molecule has 1 atom stereocenters. The van der Waals surface area contributed by atoms with E-state index in [4.69, 9.17) is 9.84 Å². The molecule has 10 heteroatoms. The number of carbonyl (C=O) groups excluding carboxylic acids is 1. The maximum Gasteiger partial charge on any atom is 0.419 e. The summed E-state index contributed by atoms with van der Waals surface area (Å²) in [6, 6.07) is 4.70. The molecule has 2 amide bonds. The fourth-order valence-corrected chi connectivity index (χ4v) is 3.69. The van der Waals surface area contributed by atoms with E-state index in [2.05, 4.69) is 10.3 Å². The molecular weight excluding hydrogens is 439 g/mol. The number of pyridine rings is 1. The molecule has 0 saturated carbocycles. The van der Waals surface area contributed by atoms with Crippen LogP contribution >= 0.6 is 0 Å². The standard InChI is InChI=1S/C23H26F3N3O4/c1-14-9-15(10-18(31)13-30)12-27-21(14)16-5-7-29(8-6-16)22(32)28-17-3-4-19(23(24,25)26)20(11-17)33-2/h3-5,9,11-12,18,30-31H,6-8,10,13H2,1-2H3,(H,28,32). The number of amides is 2. The van der Waals surface area contributed by atoms with Crippen molar-refractivity contribution in [3.63, 3.8) is 0 Å². The second kappa shape index (κ2) is 10.2. The van der Waals surface area contributed by atoms with E-state index in [1.54, 1.807) is 11.1 Å². The minimum absolute atomic E-state index is 0.206. The first kappa shape index (κ1) is 24.5. The lowest BCUT2D eigenvalue weighted by Crippen LogP contribution is -2.38. The van der Waals surface area contributed by atoms with Crippen LogP contribution in [0.2, 0.25) is 0 Å². The molecule has 1 aromatic carbocycles. The number of alkyl halides is 3. The van der Waals surface area contributed by atoms with Crippen molar-refractivity contribution >= 4 is 17.3 Å². The number of anilines is 1. The van der Waals surface area contributed by atoms with E-state index in [0.29, 0.717) is 25.9 Å². The Bertz CT molecular complexity index is 1040. The van der Waals surface area contributed by atoms with Crippen LogP contribution in [0.1, 0.15) is 28.8 Å². The molecule has 1 aromatic heterocycles. The van der Waals surface area contributed by atoms with Crippen LogP contribution in [0.3, 0.4) is 0 Å². The number of aromatic nitrogens is 1. The van der Waals surface area contributed by atoms with Crippen molar-refractivity contribution in [2.45, 2.75) is 32.0 Å². The largest absolute Gasteiger partial charge is 0.496 e. The predicted octanol–water partition coefficient (Wildman–Crippen LogP) is 3.63. The van der Waals surface area contributed by atoms with Gasteiger partial charge in [0.2, 0.25) is 0 Å². The topological polar surface area (TPSA) is 94.9 Å². The number of nitrogens with zero attached hydrogens (tertiary/aromatic N) is 2. The maximum atomic E-state index is 13.0. The minimum atomic E-state index is -4.55. The average molecular weight is 465 g/mol. The zero-order valence-corrected chi connectivity index (χ0v) is 18.3. The third-order valence-electron chi connectivity index (χ3n) is 5.38. The van der Waals surface area contributed by atoms with Crippen LogP contribution in [0.15, 0.2) is 36.5 Å². The Balaban J connectivity index is 1.65. The Morgan fingerprint density at radius 2 is 2.09 bits per heavy atom. The van der Waals surface area contributed by atoms with Gasteiger partial charge in [-0.25, -0.2) is 4.79 Å². The number of nitrogens with one attached hydrogen (secondary N) is 1. The number of aliphatic hydroxyl groups is 2. The van der Waals surface area contributed by atoms with Crippen LogP contribution in [-0.4, -0.2) is 59.0 Å². The Hall–Kier alpha value is -3.11. The zero-order chi connectivity index (χ0) is 24.2. The molecule has 3 N–H and O–H groups in total. The predicted molar refractivity (Wildman–Crippen MR) is 117 cm³/mol. The van der Waals surface area contributed by atoms with Gasteiger partial charge in [-0.2, -0.15) is 13.2 Å². The van der Waals surface area contributed by atoms with Crippen molar-refractivity contribution in [3.05, 3.63) is 58.9 Å². The van der Waals surface area contributed by atoms with E-state index >= 15 is 0 Å². The minimum Gasteiger partial charge on any atom is -0.496 e. The van der Waals surface area contributed by atoms with Crippen LogP contribution in [0.4, 0.5) is 23.7 Å². The lowest BCUT2D eigenvalue weighted by molar-refractivity contribution is -0.138. The van der Waals surface area contributed by atoms with Gasteiger partial charge in [0.15, 0.2) is 0 Å². The van der Waals surface area contributed by atoms with Crippen LogP contribution in [-0.2, 0) is 12.6 Å². The van der Waals surface area contributed by atoms with Crippen molar-refractivity contribution in [1.29, 1.82) is 0 Å². The molecular formula is C23H26F3N3O4. The number of hydrogen-bond donors (Lipinski definition) is 3. The third kappa shape index (κ3) is 6.02. The van der Waals surface area contributed by atoms with Gasteiger partial charge in [0.1, 0.15) is 5.75 Å². The van der Waals surface area contributed by atoms with Gasteiger partial charge in [0.05, 0.1) is 31.1 Å². The highest BCUT2D eigenvalue weighted by Gasteiger charge is 2.34. The van der Waals surface area contributed by atoms with E-state index in [1.165, 1.54) is 6.07 Å². The number of aliphatic hydroxyl groups excluding tert-OH is 2. The Morgan fingerprint density at radius 3 is 2.67 bits per heavy atom. The summed E-state index contributed by atoms with van der Waals surface area (Å²) >= 11 is 0. The molecule has 0 spiro atoms. The molecule has 0 aliphatic carbocycles. The fourth-order valence-electron chi connectivity index (χ4n) is 3.69. The number of halogens is 3. The molecule has 1 unspecified atom stereocenters. The van der Waals surface area contributed by atoms with Crippen LogP contribution in [0.25, 0.3) is 5.57 Å². The quantitative estimate of drug-likeness (QED) is 0.606. The van der Waals surface area contributed by atoms with E-state index in [9.17, 15) is 23.1 Å². The Labute approximate surface area is 189 Å². The Kier molecular flexibility index (Phi) is 7.60. The number of benzene rings is 1. The molecule has 0 radical (unpaired) electrons. The molecule has 178 valence electrons. The Morgan fingerprint density at radius 1 is 1.33 bits per heavy atom. The van der Waals surface area contributed by atoms with Crippen molar-refractivity contribution < 1.29 is 32.9 Å². The lowest BCUT2D eigenvalue weighted by Gasteiger charge is -2.27. The number of hydrogen-bond acceptors (Lipinski definition) is 5. The molecule has 1 aliphatic heterocycles. The number of carbonyl (C=O) groups is 1. The molecule has 2 heterocycles. The highest BCUT2D eigenvalue weighted by atomic mass is 19.4. The number of aryl methyl sites for hydroxylation is 1. The number of methoxy groups -OCH3 is 1. The summed E-state index contributed by atoms with van der Waals surface area (Å²) in [5.74, 6) is -0.363. The van der Waals surface area contributed by atoms with Gasteiger partial charge < -0.3 is 25.2 Å². The third-order valence-corrected chi connectivity index (χ3v) is 5.38. The van der Waals surface area contributed by atoms with Crippen molar-refractivity contribution in [3.8, 4) is 5.75 Å². The first-order valence-corrected chi connectivity index (χ1v) is 10.4. The van der Waals surface area contributed by atoms with E-state index < -0.39 is 23.9 Å². The number of urea groups is 1. The monoisotopic (exact) mass is 465 g/mol. The summed E-state index contributed by atoms with van der Waals surface area (Å²) in [6.45, 7) is 2.34. The lowest BCUT2D eigenvalue weighted by atomic mass is 9.99. The van der Waals surface area contributed by atoms with Gasteiger partial charge in [-0.05, 0) is 42.2 Å². The summed E-state index contributed by atoms with van der Waals surface area (Å²) < 4.78 is 43.9. The fraction of sp³-hybridized carbons (Fsp3) is 0.391. The van der Waals surface area contributed by atoms with Crippen LogP contribution < -0.4 is 10.1 Å². The van der Waals surface area contributed by atoms with Gasteiger partial charge in [-0.1, -0.05) is 12.1 Å². The molecule has 33 heavy (non-hydrogen) atoms. The van der Waals surface area contributed by atoms with Gasteiger partial charge >= 0.3 is 12.2 Å². The summed E-state index contributed by atoms with van der Waals surface area (Å²) in [7, 11) is 1.14. The number of ether oxygens (including phenoxy) is 1. The van der Waals surface area contributed by atoms with E-state index in [0.717, 1.165) is 41.6 Å². The van der Waals surface area contributed by atoms with Gasteiger partial charge in [0, 0.05) is 37.5 Å². The summed E-state index contributed by atoms with van der Waals surface area (Å²) in [5, 5.41) is 21.2. The van der Waals surface area contributed by atoms with Gasteiger partial charge in [0.25, 0.3) is 0 Å². The van der Waals surface area contributed by atoms with Crippen molar-refractivity contribution in [1.82, 2.24) is 9.88 Å². The van der Waals surface area contributed by atoms with Crippen molar-refractivity contribution in [2.24, 2.45) is 0 Å². The molecule has 1 aliphatic rings. The summed E-state index contributed by atoms with van der Waals surface area (Å²) in [4.78, 5) is 18.6. The molecule has 7 nitrogen and oxygen atoms in total. The first-order valence-electron chi connectivity index (χ1n) is 10.4. The second-order valence-corrected chi connectivity index (χ2v) is 7.82. The molecule has 2 aromatic rings.